The van der Waals surface area contributed by atoms with Crippen molar-refractivity contribution in [2.75, 3.05) is 36.8 Å². The van der Waals surface area contributed by atoms with Crippen LogP contribution in [0.5, 0.6) is 0 Å². The van der Waals surface area contributed by atoms with E-state index in [-0.39, 0.29) is 18.8 Å². The molecule has 0 unspecified atom stereocenters. The number of nitrogens with one attached hydrogen (secondary N) is 1. The van der Waals surface area contributed by atoms with Crippen LogP contribution in [0, 0.1) is 0 Å². The zero-order valence-electron chi connectivity index (χ0n) is 12.0. The minimum atomic E-state index is -2.64. The molecule has 0 atom stereocenters. The monoisotopic (exact) mass is 325 g/mol. The Hall–Kier alpha value is -1.54. The molecule has 2 aliphatic rings. The highest BCUT2D eigenvalue weighted by Crippen LogP contribution is 2.43. The third-order valence-corrected chi connectivity index (χ3v) is 5.56. The molecule has 3 N–H and O–H groups in total. The van der Waals surface area contributed by atoms with E-state index in [1.54, 1.807) is 11.3 Å². The largest absolute Gasteiger partial charge is 0.368 e. The second-order valence-corrected chi connectivity index (χ2v) is 6.96. The molecule has 1 aliphatic heterocycles. The number of thiophene rings is 1. The Morgan fingerprint density at radius 2 is 2.00 bits per heavy atom. The van der Waals surface area contributed by atoms with Crippen LogP contribution >= 0.6 is 11.3 Å². The number of fused-ring (bicyclic) bond motifs is 3. The number of halogens is 2. The maximum Gasteiger partial charge on any atom is 0.252 e. The SMILES string of the molecule is Nc1nc(N2CCNCC2)c2sc3c(c2n1)CC(F)(F)CC3. The number of nitrogens with zero attached hydrogens (tertiary/aromatic N) is 3. The van der Waals surface area contributed by atoms with Crippen molar-refractivity contribution in [2.45, 2.75) is 25.2 Å². The average molecular weight is 325 g/mol. The van der Waals surface area contributed by atoms with Crippen LogP contribution in [0.3, 0.4) is 0 Å². The minimum Gasteiger partial charge on any atom is -0.368 e. The average Bonchev–Trinajstić information content (AvgIpc) is 2.84. The van der Waals surface area contributed by atoms with E-state index in [9.17, 15) is 8.78 Å². The van der Waals surface area contributed by atoms with Gasteiger partial charge in [-0.05, 0) is 12.0 Å². The van der Waals surface area contributed by atoms with E-state index in [0.717, 1.165) is 41.6 Å². The lowest BCUT2D eigenvalue weighted by atomic mass is 9.95. The minimum absolute atomic E-state index is 0.0846. The second-order valence-electron chi connectivity index (χ2n) is 5.86. The number of aromatic nitrogens is 2. The number of aryl methyl sites for hydroxylation is 1. The summed E-state index contributed by atoms with van der Waals surface area (Å²) in [6, 6.07) is 0. The summed E-state index contributed by atoms with van der Waals surface area (Å²) in [6.45, 7) is 3.44. The highest BCUT2D eigenvalue weighted by atomic mass is 32.1. The van der Waals surface area contributed by atoms with Gasteiger partial charge in [-0.25, -0.2) is 13.8 Å². The quantitative estimate of drug-likeness (QED) is 0.837. The van der Waals surface area contributed by atoms with Crippen molar-refractivity contribution in [1.82, 2.24) is 15.3 Å². The molecule has 118 valence electrons. The molecule has 2 aromatic rings. The summed E-state index contributed by atoms with van der Waals surface area (Å²) in [5.41, 5.74) is 7.14. The third kappa shape index (κ3) is 2.30. The van der Waals surface area contributed by atoms with Gasteiger partial charge < -0.3 is 16.0 Å². The maximum atomic E-state index is 13.8. The molecule has 4 rings (SSSR count). The second kappa shape index (κ2) is 4.99. The van der Waals surface area contributed by atoms with Crippen molar-refractivity contribution in [2.24, 2.45) is 0 Å². The van der Waals surface area contributed by atoms with Crippen LogP contribution < -0.4 is 16.0 Å². The van der Waals surface area contributed by atoms with Gasteiger partial charge in [0.25, 0.3) is 5.92 Å². The molecule has 3 heterocycles. The van der Waals surface area contributed by atoms with E-state index in [4.69, 9.17) is 5.73 Å². The molecule has 1 fully saturated rings. The Morgan fingerprint density at radius 1 is 1.23 bits per heavy atom. The first-order valence-electron chi connectivity index (χ1n) is 7.45. The fourth-order valence-electron chi connectivity index (χ4n) is 3.19. The molecule has 0 saturated carbocycles. The van der Waals surface area contributed by atoms with Gasteiger partial charge in [0, 0.05) is 43.9 Å². The van der Waals surface area contributed by atoms with Crippen molar-refractivity contribution >= 4 is 33.3 Å². The van der Waals surface area contributed by atoms with Crippen LogP contribution in [-0.4, -0.2) is 42.1 Å². The lowest BCUT2D eigenvalue weighted by molar-refractivity contribution is -0.0113. The van der Waals surface area contributed by atoms with Crippen LogP contribution in [0.1, 0.15) is 16.9 Å². The maximum absolute atomic E-state index is 13.8. The molecule has 0 spiro atoms. The van der Waals surface area contributed by atoms with Crippen LogP contribution in [0.25, 0.3) is 10.2 Å². The van der Waals surface area contributed by atoms with Gasteiger partial charge in [0.05, 0.1) is 10.2 Å². The number of alkyl halides is 2. The topological polar surface area (TPSA) is 67.1 Å². The van der Waals surface area contributed by atoms with Crippen molar-refractivity contribution in [1.29, 1.82) is 0 Å². The summed E-state index contributed by atoms with van der Waals surface area (Å²) in [4.78, 5) is 11.8. The normalized spacial score (nSPS) is 21.1. The molecule has 0 bridgehead atoms. The highest BCUT2D eigenvalue weighted by Gasteiger charge is 2.37. The van der Waals surface area contributed by atoms with Gasteiger partial charge >= 0.3 is 0 Å². The molecule has 0 radical (unpaired) electrons. The summed E-state index contributed by atoms with van der Waals surface area (Å²) in [6.07, 6.45) is 0.0861. The van der Waals surface area contributed by atoms with E-state index < -0.39 is 5.92 Å². The van der Waals surface area contributed by atoms with E-state index in [1.807, 2.05) is 0 Å². The molecule has 1 saturated heterocycles. The fourth-order valence-corrected chi connectivity index (χ4v) is 4.46. The van der Waals surface area contributed by atoms with Gasteiger partial charge in [-0.2, -0.15) is 4.98 Å². The molecule has 0 aromatic carbocycles. The van der Waals surface area contributed by atoms with Crippen LogP contribution in [0.2, 0.25) is 0 Å². The van der Waals surface area contributed by atoms with Crippen LogP contribution in [-0.2, 0) is 12.8 Å². The van der Waals surface area contributed by atoms with Crippen molar-refractivity contribution in [3.8, 4) is 0 Å². The van der Waals surface area contributed by atoms with Gasteiger partial charge in [-0.3, -0.25) is 0 Å². The third-order valence-electron chi connectivity index (χ3n) is 4.28. The number of rotatable bonds is 1. The number of nitrogen functional groups attached to an aromatic ring is 1. The number of hydrogen-bond acceptors (Lipinski definition) is 6. The van der Waals surface area contributed by atoms with E-state index >= 15 is 0 Å². The zero-order valence-corrected chi connectivity index (χ0v) is 12.8. The van der Waals surface area contributed by atoms with Crippen molar-refractivity contribution < 1.29 is 8.78 Å². The van der Waals surface area contributed by atoms with Gasteiger partial charge in [-0.15, -0.1) is 11.3 Å². The molecule has 0 amide bonds. The van der Waals surface area contributed by atoms with Gasteiger partial charge in [0.15, 0.2) is 5.82 Å². The zero-order chi connectivity index (χ0) is 15.3. The first-order chi connectivity index (χ1) is 10.5. The first-order valence-corrected chi connectivity index (χ1v) is 8.26. The Balaban J connectivity index is 1.87. The van der Waals surface area contributed by atoms with E-state index in [2.05, 4.69) is 20.2 Å². The fraction of sp³-hybridized carbons (Fsp3) is 0.571. The predicted molar refractivity (Wildman–Crippen MR) is 83.9 cm³/mol. The van der Waals surface area contributed by atoms with Gasteiger partial charge in [-0.1, -0.05) is 0 Å². The smallest absolute Gasteiger partial charge is 0.252 e. The Morgan fingerprint density at radius 3 is 2.77 bits per heavy atom. The van der Waals surface area contributed by atoms with Crippen molar-refractivity contribution in [3.63, 3.8) is 0 Å². The Labute approximate surface area is 130 Å². The van der Waals surface area contributed by atoms with E-state index in [1.165, 1.54) is 0 Å². The lowest BCUT2D eigenvalue weighted by Crippen LogP contribution is -2.44. The van der Waals surface area contributed by atoms with Crippen LogP contribution in [0.15, 0.2) is 0 Å². The standard InChI is InChI=1S/C14H17F2N5S/c15-14(16)2-1-9-8(7-14)10-11(22-9)12(20-13(17)19-10)21-5-3-18-4-6-21/h18H,1-7H2,(H2,17,19,20). The molecule has 8 heteroatoms. The molecule has 1 aliphatic carbocycles. The summed E-state index contributed by atoms with van der Waals surface area (Å²) in [7, 11) is 0. The van der Waals surface area contributed by atoms with Crippen molar-refractivity contribution in [3.05, 3.63) is 10.4 Å². The molecule has 5 nitrogen and oxygen atoms in total. The Kier molecular flexibility index (Phi) is 3.19. The van der Waals surface area contributed by atoms with Gasteiger partial charge in [0.2, 0.25) is 5.95 Å². The number of anilines is 2. The molecule has 2 aromatic heterocycles. The summed E-state index contributed by atoms with van der Waals surface area (Å²) in [5, 5.41) is 3.29. The predicted octanol–water partition coefficient (Wildman–Crippen LogP) is 1.81. The van der Waals surface area contributed by atoms with E-state index in [0.29, 0.717) is 17.5 Å². The molecule has 22 heavy (non-hydrogen) atoms. The number of piperazine rings is 1. The summed E-state index contributed by atoms with van der Waals surface area (Å²) in [5.74, 6) is -1.68. The number of hydrogen-bond donors (Lipinski definition) is 2. The summed E-state index contributed by atoms with van der Waals surface area (Å²) < 4.78 is 28.4. The molecular formula is C14H17F2N5S. The van der Waals surface area contributed by atoms with Crippen LogP contribution in [0.4, 0.5) is 20.5 Å². The first kappa shape index (κ1) is 14.1. The summed E-state index contributed by atoms with van der Waals surface area (Å²) >= 11 is 1.55. The lowest BCUT2D eigenvalue weighted by Gasteiger charge is -2.28. The highest BCUT2D eigenvalue weighted by molar-refractivity contribution is 7.19. The number of nitrogens with two attached hydrogens (primary N) is 1. The molecular weight excluding hydrogens is 308 g/mol. The Bertz CT molecular complexity index is 724. The van der Waals surface area contributed by atoms with Gasteiger partial charge in [0.1, 0.15) is 0 Å².